The number of fused-ring (bicyclic) bond motifs is 1. The van der Waals surface area contributed by atoms with E-state index in [4.69, 9.17) is 11.6 Å². The first kappa shape index (κ1) is 16.9. The molecule has 1 heterocycles. The Labute approximate surface area is 150 Å². The Bertz CT molecular complexity index is 781. The van der Waals surface area contributed by atoms with Crippen molar-refractivity contribution in [2.75, 3.05) is 5.32 Å². The van der Waals surface area contributed by atoms with Crippen LogP contribution in [0.25, 0.3) is 0 Å². The van der Waals surface area contributed by atoms with Gasteiger partial charge in [0.05, 0.1) is 17.0 Å². The number of hydrogen-bond acceptors (Lipinski definition) is 3. The first-order chi connectivity index (χ1) is 11.5. The maximum atomic E-state index is 12.3. The average Bonchev–Trinajstić information content (AvgIpc) is 2.55. The van der Waals surface area contributed by atoms with Gasteiger partial charge in [-0.05, 0) is 30.7 Å². The molecule has 0 radical (unpaired) electrons. The minimum atomic E-state index is -0.432. The summed E-state index contributed by atoms with van der Waals surface area (Å²) in [5.74, 6) is -0.311. The van der Waals surface area contributed by atoms with Crippen molar-refractivity contribution in [2.24, 2.45) is 0 Å². The lowest BCUT2D eigenvalue weighted by Gasteiger charge is -2.24. The molecule has 2 aromatic rings. The molecule has 0 aromatic heterocycles. The van der Waals surface area contributed by atoms with Crippen LogP contribution in [0.4, 0.5) is 5.69 Å². The van der Waals surface area contributed by atoms with E-state index >= 15 is 0 Å². The van der Waals surface area contributed by atoms with E-state index in [2.05, 4.69) is 10.6 Å². The van der Waals surface area contributed by atoms with Gasteiger partial charge >= 0.3 is 0 Å². The summed E-state index contributed by atoms with van der Waals surface area (Å²) in [7, 11) is 0. The summed E-state index contributed by atoms with van der Waals surface area (Å²) >= 11 is 7.57. The number of para-hydroxylation sites is 1. The highest BCUT2D eigenvalue weighted by Crippen LogP contribution is 2.36. The lowest BCUT2D eigenvalue weighted by atomic mass is 10.1. The van der Waals surface area contributed by atoms with Crippen LogP contribution in [-0.2, 0) is 9.59 Å². The third-order valence-corrected chi connectivity index (χ3v) is 5.45. The minimum absolute atomic E-state index is 0.125. The van der Waals surface area contributed by atoms with E-state index in [9.17, 15) is 9.59 Å². The highest BCUT2D eigenvalue weighted by molar-refractivity contribution is 8.01. The third-order valence-electron chi connectivity index (χ3n) is 3.83. The molecule has 2 aromatic carbocycles. The second-order valence-corrected chi connectivity index (χ2v) is 7.26. The third kappa shape index (κ3) is 3.74. The molecule has 4 nitrogen and oxygen atoms in total. The van der Waals surface area contributed by atoms with Gasteiger partial charge in [-0.25, -0.2) is 0 Å². The monoisotopic (exact) mass is 360 g/mol. The largest absolute Gasteiger partial charge is 0.349 e. The van der Waals surface area contributed by atoms with Gasteiger partial charge in [0.2, 0.25) is 11.8 Å². The Morgan fingerprint density at radius 3 is 2.75 bits per heavy atom. The number of amides is 2. The second kappa shape index (κ2) is 7.28. The van der Waals surface area contributed by atoms with E-state index in [1.54, 1.807) is 6.07 Å². The number of hydrogen-bond donors (Lipinski definition) is 2. The minimum Gasteiger partial charge on any atom is -0.349 e. The Hall–Kier alpha value is -1.98. The summed E-state index contributed by atoms with van der Waals surface area (Å²) in [6.07, 6.45) is 0.125. The van der Waals surface area contributed by atoms with Crippen LogP contribution < -0.4 is 10.6 Å². The molecule has 0 saturated heterocycles. The SMILES string of the molecule is C[C@H](NC(=O)C[C@@H]1Sc2ccccc2NC1=O)c1ccccc1Cl. The molecule has 0 spiro atoms. The van der Waals surface area contributed by atoms with Gasteiger partial charge in [-0.2, -0.15) is 0 Å². The molecular weight excluding hydrogens is 344 g/mol. The van der Waals surface area contributed by atoms with Crippen molar-refractivity contribution in [3.63, 3.8) is 0 Å². The van der Waals surface area contributed by atoms with Crippen molar-refractivity contribution < 1.29 is 9.59 Å². The molecule has 0 bridgehead atoms. The van der Waals surface area contributed by atoms with Crippen LogP contribution in [-0.4, -0.2) is 17.1 Å². The normalized spacial score (nSPS) is 17.6. The Kier molecular flexibility index (Phi) is 5.11. The van der Waals surface area contributed by atoms with Crippen LogP contribution >= 0.6 is 23.4 Å². The summed E-state index contributed by atoms with van der Waals surface area (Å²) in [6, 6.07) is 14.8. The Morgan fingerprint density at radius 2 is 1.96 bits per heavy atom. The summed E-state index contributed by atoms with van der Waals surface area (Å²) < 4.78 is 0. The fraction of sp³-hybridized carbons (Fsp3) is 0.222. The molecule has 6 heteroatoms. The number of thioether (sulfide) groups is 1. The van der Waals surface area contributed by atoms with Crippen molar-refractivity contribution >= 4 is 40.9 Å². The van der Waals surface area contributed by atoms with E-state index in [-0.39, 0.29) is 24.3 Å². The first-order valence-corrected chi connectivity index (χ1v) is 8.90. The summed E-state index contributed by atoms with van der Waals surface area (Å²) in [5.41, 5.74) is 1.66. The maximum absolute atomic E-state index is 12.3. The predicted molar refractivity (Wildman–Crippen MR) is 97.3 cm³/mol. The molecule has 1 aliphatic heterocycles. The standard InChI is InChI=1S/C18H17ClN2O2S/c1-11(12-6-2-3-7-13(12)19)20-17(22)10-16-18(23)21-14-8-4-5-9-15(14)24-16/h2-9,11,16H,10H2,1H3,(H,20,22)(H,21,23)/t11-,16-/m0/s1. The van der Waals surface area contributed by atoms with Crippen LogP contribution in [0, 0.1) is 0 Å². The number of carbonyl (C=O) groups excluding carboxylic acids is 2. The van der Waals surface area contributed by atoms with Crippen molar-refractivity contribution in [3.8, 4) is 0 Å². The molecule has 124 valence electrons. The summed E-state index contributed by atoms with van der Waals surface area (Å²) in [5, 5.41) is 5.94. The molecule has 0 unspecified atom stereocenters. The fourth-order valence-electron chi connectivity index (χ4n) is 2.60. The van der Waals surface area contributed by atoms with Crippen molar-refractivity contribution in [3.05, 3.63) is 59.1 Å². The van der Waals surface area contributed by atoms with Crippen LogP contribution in [0.3, 0.4) is 0 Å². The lowest BCUT2D eigenvalue weighted by Crippen LogP contribution is -2.35. The highest BCUT2D eigenvalue weighted by Gasteiger charge is 2.29. The second-order valence-electron chi connectivity index (χ2n) is 5.61. The molecule has 0 aliphatic carbocycles. The Balaban J connectivity index is 1.63. The van der Waals surface area contributed by atoms with Gasteiger partial charge in [0.25, 0.3) is 0 Å². The smallest absolute Gasteiger partial charge is 0.238 e. The van der Waals surface area contributed by atoms with Gasteiger partial charge in [-0.15, -0.1) is 11.8 Å². The quantitative estimate of drug-likeness (QED) is 0.865. The molecule has 1 aliphatic rings. The number of benzene rings is 2. The Morgan fingerprint density at radius 1 is 1.25 bits per heavy atom. The van der Waals surface area contributed by atoms with Crippen LogP contribution in [0.2, 0.25) is 5.02 Å². The fourth-order valence-corrected chi connectivity index (χ4v) is 4.01. The van der Waals surface area contributed by atoms with Crippen molar-refractivity contribution in [1.82, 2.24) is 5.32 Å². The molecule has 2 N–H and O–H groups in total. The van der Waals surface area contributed by atoms with Crippen LogP contribution in [0.1, 0.15) is 24.9 Å². The van der Waals surface area contributed by atoms with Crippen molar-refractivity contribution in [1.29, 1.82) is 0 Å². The molecule has 2 amide bonds. The van der Waals surface area contributed by atoms with Gasteiger partial charge in [0, 0.05) is 16.3 Å². The van der Waals surface area contributed by atoms with Crippen LogP contribution in [0.15, 0.2) is 53.4 Å². The average molecular weight is 361 g/mol. The molecule has 3 rings (SSSR count). The van der Waals surface area contributed by atoms with Crippen molar-refractivity contribution in [2.45, 2.75) is 29.5 Å². The van der Waals surface area contributed by atoms with Gasteiger partial charge in [-0.3, -0.25) is 9.59 Å². The van der Waals surface area contributed by atoms with Gasteiger partial charge in [-0.1, -0.05) is 41.9 Å². The lowest BCUT2D eigenvalue weighted by molar-refractivity contribution is -0.124. The summed E-state index contributed by atoms with van der Waals surface area (Å²) in [4.78, 5) is 25.5. The van der Waals surface area contributed by atoms with E-state index < -0.39 is 5.25 Å². The highest BCUT2D eigenvalue weighted by atomic mass is 35.5. The summed E-state index contributed by atoms with van der Waals surface area (Å²) in [6.45, 7) is 1.88. The zero-order valence-corrected chi connectivity index (χ0v) is 14.7. The van der Waals surface area contributed by atoms with Crippen LogP contribution in [0.5, 0.6) is 0 Å². The van der Waals surface area contributed by atoms with E-state index in [1.165, 1.54) is 11.8 Å². The predicted octanol–water partition coefficient (Wildman–Crippen LogP) is 4.02. The molecule has 2 atom stereocenters. The zero-order valence-electron chi connectivity index (χ0n) is 13.1. The number of anilines is 1. The molecular formula is C18H17ClN2O2S. The molecule has 0 saturated carbocycles. The molecule has 0 fully saturated rings. The number of nitrogens with one attached hydrogen (secondary N) is 2. The van der Waals surface area contributed by atoms with Gasteiger partial charge < -0.3 is 10.6 Å². The topological polar surface area (TPSA) is 58.2 Å². The van der Waals surface area contributed by atoms with E-state index in [0.29, 0.717) is 5.02 Å². The van der Waals surface area contributed by atoms with E-state index in [1.807, 2.05) is 49.4 Å². The van der Waals surface area contributed by atoms with E-state index in [0.717, 1.165) is 16.1 Å². The zero-order chi connectivity index (χ0) is 17.1. The number of rotatable bonds is 4. The maximum Gasteiger partial charge on any atom is 0.238 e. The first-order valence-electron chi connectivity index (χ1n) is 7.65. The molecule has 24 heavy (non-hydrogen) atoms. The number of carbonyl (C=O) groups is 2. The number of halogens is 1. The van der Waals surface area contributed by atoms with Gasteiger partial charge in [0.1, 0.15) is 0 Å². The van der Waals surface area contributed by atoms with Gasteiger partial charge in [0.15, 0.2) is 0 Å².